The molecule has 0 aliphatic carbocycles. The average molecular weight is 414 g/mol. The Balaban J connectivity index is 1.97. The first-order valence-corrected chi connectivity index (χ1v) is 10.7. The fraction of sp³-hybridized carbons (Fsp3) is 0.286. The number of carbonyl (C=O) groups is 1. The van der Waals surface area contributed by atoms with Crippen LogP contribution in [0.5, 0.6) is 0 Å². The Morgan fingerprint density at radius 3 is 2.68 bits per heavy atom. The molecule has 146 valence electrons. The van der Waals surface area contributed by atoms with E-state index < -0.39 is 0 Å². The molecule has 28 heavy (non-hydrogen) atoms. The van der Waals surface area contributed by atoms with Gasteiger partial charge in [-0.05, 0) is 32.4 Å². The van der Waals surface area contributed by atoms with Crippen LogP contribution in [-0.2, 0) is 11.3 Å². The molecule has 0 bridgehead atoms. The zero-order chi connectivity index (χ0) is 20.3. The van der Waals surface area contributed by atoms with Crippen molar-refractivity contribution in [1.29, 1.82) is 0 Å². The molecule has 1 amide bonds. The number of carbonyl (C=O) groups excluding carboxylic acids is 1. The van der Waals surface area contributed by atoms with Gasteiger partial charge in [-0.25, -0.2) is 4.98 Å². The molecule has 0 unspecified atom stereocenters. The second-order valence-electron chi connectivity index (χ2n) is 7.38. The molecule has 0 radical (unpaired) electrons. The van der Waals surface area contributed by atoms with Crippen molar-refractivity contribution in [1.82, 2.24) is 14.9 Å². The molecule has 3 rings (SSSR count). The Labute approximate surface area is 172 Å². The predicted octanol–water partition coefficient (Wildman–Crippen LogP) is 4.32. The highest BCUT2D eigenvalue weighted by Crippen LogP contribution is 2.32. The fourth-order valence-corrected chi connectivity index (χ4v) is 4.61. The van der Waals surface area contributed by atoms with E-state index in [-0.39, 0.29) is 22.8 Å². The molecule has 0 atom stereocenters. The number of amides is 1. The van der Waals surface area contributed by atoms with Gasteiger partial charge in [0, 0.05) is 17.0 Å². The van der Waals surface area contributed by atoms with Crippen LogP contribution in [0.4, 0.5) is 0 Å². The number of thioether (sulfide) groups is 1. The Bertz CT molecular complexity index is 1060. The maximum absolute atomic E-state index is 13.0. The number of fused-ring (bicyclic) bond motifs is 1. The van der Waals surface area contributed by atoms with Crippen molar-refractivity contribution in [3.05, 3.63) is 59.4 Å². The molecule has 2 heterocycles. The van der Waals surface area contributed by atoms with E-state index in [1.165, 1.54) is 23.1 Å². The lowest BCUT2D eigenvalue weighted by molar-refractivity contribution is -0.119. The van der Waals surface area contributed by atoms with E-state index in [0.717, 1.165) is 10.4 Å². The number of hydrogen-bond acceptors (Lipinski definition) is 5. The Morgan fingerprint density at radius 2 is 2.04 bits per heavy atom. The van der Waals surface area contributed by atoms with Crippen LogP contribution < -0.4 is 10.9 Å². The summed E-state index contributed by atoms with van der Waals surface area (Å²) in [6.07, 6.45) is 1.67. The largest absolute Gasteiger partial charge is 0.351 e. The minimum Gasteiger partial charge on any atom is -0.351 e. The molecule has 0 saturated heterocycles. The number of allylic oxidation sites excluding steroid dienone is 1. The second kappa shape index (κ2) is 8.32. The van der Waals surface area contributed by atoms with Crippen molar-refractivity contribution < 1.29 is 4.79 Å². The predicted molar refractivity (Wildman–Crippen MR) is 118 cm³/mol. The molecular weight excluding hydrogens is 390 g/mol. The topological polar surface area (TPSA) is 64.0 Å². The molecular formula is C21H23N3O2S2. The zero-order valence-corrected chi connectivity index (χ0v) is 17.8. The lowest BCUT2D eigenvalue weighted by Crippen LogP contribution is -2.41. The highest BCUT2D eigenvalue weighted by molar-refractivity contribution is 7.99. The summed E-state index contributed by atoms with van der Waals surface area (Å²) < 4.78 is 1.58. The van der Waals surface area contributed by atoms with Gasteiger partial charge in [0.2, 0.25) is 5.91 Å². The smallest absolute Gasteiger partial charge is 0.263 e. The first kappa shape index (κ1) is 20.4. The van der Waals surface area contributed by atoms with E-state index >= 15 is 0 Å². The number of hydrogen-bond donors (Lipinski definition) is 1. The van der Waals surface area contributed by atoms with E-state index in [4.69, 9.17) is 0 Å². The van der Waals surface area contributed by atoms with Gasteiger partial charge in [0.15, 0.2) is 5.16 Å². The van der Waals surface area contributed by atoms with E-state index in [9.17, 15) is 9.59 Å². The van der Waals surface area contributed by atoms with Gasteiger partial charge in [-0.3, -0.25) is 14.2 Å². The van der Waals surface area contributed by atoms with E-state index in [1.54, 1.807) is 10.6 Å². The zero-order valence-electron chi connectivity index (χ0n) is 16.2. The third kappa shape index (κ3) is 4.72. The second-order valence-corrected chi connectivity index (χ2v) is 9.35. The number of rotatable bonds is 6. The maximum atomic E-state index is 13.0. The van der Waals surface area contributed by atoms with Crippen molar-refractivity contribution in [2.24, 2.45) is 0 Å². The maximum Gasteiger partial charge on any atom is 0.263 e. The SMILES string of the molecule is C=CCn1c(SCC(=O)NC(C)(C)C)nc2sc(-c3ccccc3)cc2c1=O. The van der Waals surface area contributed by atoms with Crippen molar-refractivity contribution in [2.45, 2.75) is 38.0 Å². The van der Waals surface area contributed by atoms with Crippen molar-refractivity contribution in [3.8, 4) is 10.4 Å². The molecule has 2 aromatic heterocycles. The van der Waals surface area contributed by atoms with Crippen LogP contribution in [0, 0.1) is 0 Å². The summed E-state index contributed by atoms with van der Waals surface area (Å²) in [6, 6.07) is 11.8. The summed E-state index contributed by atoms with van der Waals surface area (Å²) >= 11 is 2.75. The summed E-state index contributed by atoms with van der Waals surface area (Å²) in [5.41, 5.74) is 0.648. The third-order valence-electron chi connectivity index (χ3n) is 3.83. The van der Waals surface area contributed by atoms with Crippen LogP contribution in [0.15, 0.2) is 59.0 Å². The summed E-state index contributed by atoms with van der Waals surface area (Å²) in [6.45, 7) is 9.89. The lowest BCUT2D eigenvalue weighted by Gasteiger charge is -2.20. The number of benzene rings is 1. The van der Waals surface area contributed by atoms with Gasteiger partial charge in [-0.2, -0.15) is 0 Å². The van der Waals surface area contributed by atoms with Crippen LogP contribution in [0.1, 0.15) is 20.8 Å². The number of nitrogens with one attached hydrogen (secondary N) is 1. The van der Waals surface area contributed by atoms with E-state index in [0.29, 0.717) is 21.9 Å². The fourth-order valence-electron chi connectivity index (χ4n) is 2.73. The minimum atomic E-state index is -0.297. The molecule has 1 aromatic carbocycles. The molecule has 3 aromatic rings. The Morgan fingerprint density at radius 1 is 1.32 bits per heavy atom. The molecule has 1 N–H and O–H groups in total. The minimum absolute atomic E-state index is 0.0897. The van der Waals surface area contributed by atoms with Gasteiger partial charge in [0.05, 0.1) is 11.1 Å². The van der Waals surface area contributed by atoms with Crippen LogP contribution in [-0.4, -0.2) is 26.8 Å². The number of aromatic nitrogens is 2. The molecule has 7 heteroatoms. The summed E-state index contributed by atoms with van der Waals surface area (Å²) in [4.78, 5) is 31.6. The Kier molecular flexibility index (Phi) is 6.05. The molecule has 0 saturated carbocycles. The van der Waals surface area contributed by atoms with Crippen LogP contribution in [0.2, 0.25) is 0 Å². The standard InChI is InChI=1S/C21H23N3O2S2/c1-5-11-24-19(26)15-12-16(14-9-7-6-8-10-14)28-18(15)22-20(24)27-13-17(25)23-21(2,3)4/h5-10,12H,1,11,13H2,2-4H3,(H,23,25). The van der Waals surface area contributed by atoms with Gasteiger partial charge < -0.3 is 5.32 Å². The van der Waals surface area contributed by atoms with Gasteiger partial charge >= 0.3 is 0 Å². The molecule has 0 spiro atoms. The van der Waals surface area contributed by atoms with Crippen molar-refractivity contribution >= 4 is 39.2 Å². The first-order valence-electron chi connectivity index (χ1n) is 8.93. The first-order chi connectivity index (χ1) is 13.3. The lowest BCUT2D eigenvalue weighted by atomic mass is 10.1. The average Bonchev–Trinajstić information content (AvgIpc) is 3.06. The quantitative estimate of drug-likeness (QED) is 0.371. The summed E-state index contributed by atoms with van der Waals surface area (Å²) in [5.74, 6) is 0.108. The van der Waals surface area contributed by atoms with Crippen LogP contribution in [0.3, 0.4) is 0 Å². The van der Waals surface area contributed by atoms with E-state index in [1.807, 2.05) is 57.2 Å². The molecule has 0 aliphatic rings. The highest BCUT2D eigenvalue weighted by Gasteiger charge is 2.18. The highest BCUT2D eigenvalue weighted by atomic mass is 32.2. The van der Waals surface area contributed by atoms with Gasteiger partial charge in [0.25, 0.3) is 5.56 Å². The normalized spacial score (nSPS) is 11.5. The number of thiophene rings is 1. The number of nitrogens with zero attached hydrogens (tertiary/aromatic N) is 2. The summed E-state index contributed by atoms with van der Waals surface area (Å²) in [5, 5.41) is 4.05. The monoisotopic (exact) mass is 413 g/mol. The summed E-state index contributed by atoms with van der Waals surface area (Å²) in [7, 11) is 0. The van der Waals surface area contributed by atoms with Crippen molar-refractivity contribution in [2.75, 3.05) is 5.75 Å². The van der Waals surface area contributed by atoms with Gasteiger partial charge in [-0.15, -0.1) is 17.9 Å². The molecule has 0 aliphatic heterocycles. The van der Waals surface area contributed by atoms with E-state index in [2.05, 4.69) is 16.9 Å². The third-order valence-corrected chi connectivity index (χ3v) is 5.89. The van der Waals surface area contributed by atoms with Crippen LogP contribution >= 0.6 is 23.1 Å². The van der Waals surface area contributed by atoms with Gasteiger partial charge in [-0.1, -0.05) is 48.2 Å². The van der Waals surface area contributed by atoms with Crippen molar-refractivity contribution in [3.63, 3.8) is 0 Å². The Hall–Kier alpha value is -2.38. The van der Waals surface area contributed by atoms with Crippen LogP contribution in [0.25, 0.3) is 20.7 Å². The van der Waals surface area contributed by atoms with Gasteiger partial charge in [0.1, 0.15) is 4.83 Å². The molecule has 5 nitrogen and oxygen atoms in total. The molecule has 0 fully saturated rings.